The number of nitrogens with zero attached hydrogens (tertiary/aromatic N) is 2. The highest BCUT2D eigenvalue weighted by Gasteiger charge is 2.02. The van der Waals surface area contributed by atoms with Crippen molar-refractivity contribution >= 4 is 0 Å². The maximum absolute atomic E-state index is 4.33. The van der Waals surface area contributed by atoms with Gasteiger partial charge in [0.25, 0.3) is 0 Å². The number of nitrogens with one attached hydrogen (secondary N) is 1. The molecule has 1 aromatic carbocycles. The van der Waals surface area contributed by atoms with Crippen LogP contribution in [-0.2, 0) is 6.54 Å². The highest BCUT2D eigenvalue weighted by Crippen LogP contribution is 2.14. The normalized spacial score (nSPS) is 10.8. The first-order valence-electron chi connectivity index (χ1n) is 6.52. The standard InChI is InChI=1S/C15H21N3/c1-4-7-16-10-14-5-6-15(8-13(14)3)18-11-12(2)9-17-18/h5-6,8-9,11,16H,4,7,10H2,1-3H3. The van der Waals surface area contributed by atoms with E-state index >= 15 is 0 Å². The van der Waals surface area contributed by atoms with Crippen molar-refractivity contribution in [2.24, 2.45) is 0 Å². The maximum atomic E-state index is 4.33. The Bertz CT molecular complexity index is 514. The van der Waals surface area contributed by atoms with E-state index in [9.17, 15) is 0 Å². The van der Waals surface area contributed by atoms with Crippen molar-refractivity contribution in [1.29, 1.82) is 0 Å². The number of aryl methyl sites for hydroxylation is 2. The Kier molecular flexibility index (Phi) is 4.15. The first-order valence-corrected chi connectivity index (χ1v) is 6.52. The van der Waals surface area contributed by atoms with Crippen LogP contribution in [0.3, 0.4) is 0 Å². The zero-order valence-electron chi connectivity index (χ0n) is 11.4. The zero-order chi connectivity index (χ0) is 13.0. The van der Waals surface area contributed by atoms with Crippen molar-refractivity contribution in [3.8, 4) is 5.69 Å². The minimum atomic E-state index is 0.943. The molecule has 0 saturated carbocycles. The Morgan fingerprint density at radius 1 is 1.28 bits per heavy atom. The van der Waals surface area contributed by atoms with Gasteiger partial charge in [0.15, 0.2) is 0 Å². The fraction of sp³-hybridized carbons (Fsp3) is 0.400. The SMILES string of the molecule is CCCNCc1ccc(-n2cc(C)cn2)cc1C. The van der Waals surface area contributed by atoms with E-state index in [1.54, 1.807) is 0 Å². The van der Waals surface area contributed by atoms with Crippen LogP contribution in [0.1, 0.15) is 30.0 Å². The Hall–Kier alpha value is -1.61. The van der Waals surface area contributed by atoms with Crippen molar-refractivity contribution < 1.29 is 0 Å². The first-order chi connectivity index (χ1) is 8.70. The second-order valence-electron chi connectivity index (χ2n) is 4.75. The van der Waals surface area contributed by atoms with Crippen molar-refractivity contribution in [1.82, 2.24) is 15.1 Å². The molecule has 0 saturated heterocycles. The molecule has 2 aromatic rings. The number of benzene rings is 1. The van der Waals surface area contributed by atoms with E-state index in [1.807, 2.05) is 17.1 Å². The highest BCUT2D eigenvalue weighted by atomic mass is 15.3. The van der Waals surface area contributed by atoms with E-state index in [1.165, 1.54) is 23.1 Å². The molecule has 1 aromatic heterocycles. The van der Waals surface area contributed by atoms with E-state index in [0.29, 0.717) is 0 Å². The number of rotatable bonds is 5. The van der Waals surface area contributed by atoms with Crippen molar-refractivity contribution in [2.75, 3.05) is 6.54 Å². The van der Waals surface area contributed by atoms with Gasteiger partial charge < -0.3 is 5.32 Å². The van der Waals surface area contributed by atoms with Gasteiger partial charge in [-0.3, -0.25) is 0 Å². The molecular weight excluding hydrogens is 222 g/mol. The van der Waals surface area contributed by atoms with Gasteiger partial charge in [-0.1, -0.05) is 13.0 Å². The van der Waals surface area contributed by atoms with Crippen LogP contribution in [0.2, 0.25) is 0 Å². The highest BCUT2D eigenvalue weighted by molar-refractivity contribution is 5.39. The lowest BCUT2D eigenvalue weighted by Crippen LogP contribution is -2.14. The predicted octanol–water partition coefficient (Wildman–Crippen LogP) is 2.99. The van der Waals surface area contributed by atoms with E-state index < -0.39 is 0 Å². The summed E-state index contributed by atoms with van der Waals surface area (Å²) >= 11 is 0. The summed E-state index contributed by atoms with van der Waals surface area (Å²) in [5.41, 5.74) is 4.97. The van der Waals surface area contributed by atoms with Gasteiger partial charge in [0.1, 0.15) is 0 Å². The van der Waals surface area contributed by atoms with Crippen LogP contribution in [-0.4, -0.2) is 16.3 Å². The van der Waals surface area contributed by atoms with E-state index in [2.05, 4.69) is 49.4 Å². The fourth-order valence-corrected chi connectivity index (χ4v) is 1.97. The lowest BCUT2D eigenvalue weighted by molar-refractivity contribution is 0.673. The minimum Gasteiger partial charge on any atom is -0.313 e. The van der Waals surface area contributed by atoms with Crippen LogP contribution in [0.15, 0.2) is 30.6 Å². The molecule has 0 aliphatic heterocycles. The van der Waals surface area contributed by atoms with Crippen molar-refractivity contribution in [2.45, 2.75) is 33.7 Å². The Labute approximate surface area is 109 Å². The van der Waals surface area contributed by atoms with Gasteiger partial charge in [-0.25, -0.2) is 4.68 Å². The molecule has 3 heteroatoms. The van der Waals surface area contributed by atoms with Crippen molar-refractivity contribution in [3.05, 3.63) is 47.3 Å². The van der Waals surface area contributed by atoms with Crippen LogP contribution in [0.5, 0.6) is 0 Å². The zero-order valence-corrected chi connectivity index (χ0v) is 11.4. The fourth-order valence-electron chi connectivity index (χ4n) is 1.97. The van der Waals surface area contributed by atoms with Gasteiger partial charge in [0.05, 0.1) is 11.9 Å². The molecule has 0 atom stereocenters. The molecule has 1 N–H and O–H groups in total. The molecule has 0 bridgehead atoms. The summed E-state index contributed by atoms with van der Waals surface area (Å²) in [7, 11) is 0. The van der Waals surface area contributed by atoms with Crippen LogP contribution in [0.25, 0.3) is 5.69 Å². The third-order valence-electron chi connectivity index (χ3n) is 3.04. The second kappa shape index (κ2) is 5.83. The van der Waals surface area contributed by atoms with Crippen LogP contribution >= 0.6 is 0 Å². The topological polar surface area (TPSA) is 29.9 Å². The number of aromatic nitrogens is 2. The Balaban J connectivity index is 2.14. The minimum absolute atomic E-state index is 0.943. The summed E-state index contributed by atoms with van der Waals surface area (Å²) in [4.78, 5) is 0. The summed E-state index contributed by atoms with van der Waals surface area (Å²) in [6.45, 7) is 8.41. The molecule has 0 spiro atoms. The third kappa shape index (κ3) is 2.99. The molecule has 2 rings (SSSR count). The van der Waals surface area contributed by atoms with Gasteiger partial charge in [-0.15, -0.1) is 0 Å². The smallest absolute Gasteiger partial charge is 0.0648 e. The molecule has 0 radical (unpaired) electrons. The van der Waals surface area contributed by atoms with Crippen LogP contribution < -0.4 is 5.32 Å². The Morgan fingerprint density at radius 2 is 2.11 bits per heavy atom. The summed E-state index contributed by atoms with van der Waals surface area (Å²) in [5, 5.41) is 7.77. The third-order valence-corrected chi connectivity index (χ3v) is 3.04. The lowest BCUT2D eigenvalue weighted by Gasteiger charge is -2.09. The monoisotopic (exact) mass is 243 g/mol. The molecule has 0 fully saturated rings. The molecule has 0 unspecified atom stereocenters. The quantitative estimate of drug-likeness (QED) is 0.818. The van der Waals surface area contributed by atoms with Gasteiger partial charge in [0, 0.05) is 12.7 Å². The molecule has 18 heavy (non-hydrogen) atoms. The van der Waals surface area contributed by atoms with Gasteiger partial charge in [-0.05, 0) is 55.6 Å². The lowest BCUT2D eigenvalue weighted by atomic mass is 10.1. The van der Waals surface area contributed by atoms with Gasteiger partial charge in [0.2, 0.25) is 0 Å². The second-order valence-corrected chi connectivity index (χ2v) is 4.75. The molecule has 1 heterocycles. The summed E-state index contributed by atoms with van der Waals surface area (Å²) in [5.74, 6) is 0. The molecule has 0 aliphatic rings. The summed E-state index contributed by atoms with van der Waals surface area (Å²) in [6.07, 6.45) is 5.10. The summed E-state index contributed by atoms with van der Waals surface area (Å²) in [6, 6.07) is 6.50. The van der Waals surface area contributed by atoms with Crippen LogP contribution in [0, 0.1) is 13.8 Å². The average Bonchev–Trinajstić information content (AvgIpc) is 2.78. The molecule has 96 valence electrons. The maximum Gasteiger partial charge on any atom is 0.0648 e. The van der Waals surface area contributed by atoms with E-state index in [4.69, 9.17) is 0 Å². The predicted molar refractivity (Wildman–Crippen MR) is 75.0 cm³/mol. The van der Waals surface area contributed by atoms with E-state index in [0.717, 1.165) is 18.8 Å². The number of hydrogen-bond acceptors (Lipinski definition) is 2. The van der Waals surface area contributed by atoms with E-state index in [-0.39, 0.29) is 0 Å². The Morgan fingerprint density at radius 3 is 2.72 bits per heavy atom. The first kappa shape index (κ1) is 12.8. The largest absolute Gasteiger partial charge is 0.313 e. The summed E-state index contributed by atoms with van der Waals surface area (Å²) < 4.78 is 1.92. The van der Waals surface area contributed by atoms with Gasteiger partial charge in [-0.2, -0.15) is 5.10 Å². The molecule has 0 amide bonds. The van der Waals surface area contributed by atoms with Gasteiger partial charge >= 0.3 is 0 Å². The number of hydrogen-bond donors (Lipinski definition) is 1. The molecule has 3 nitrogen and oxygen atoms in total. The van der Waals surface area contributed by atoms with Crippen molar-refractivity contribution in [3.63, 3.8) is 0 Å². The molecule has 0 aliphatic carbocycles. The van der Waals surface area contributed by atoms with Crippen LogP contribution in [0.4, 0.5) is 0 Å². The molecular formula is C15H21N3. The average molecular weight is 243 g/mol.